The van der Waals surface area contributed by atoms with E-state index >= 15 is 0 Å². The summed E-state index contributed by atoms with van der Waals surface area (Å²) in [6.07, 6.45) is 1.26. The summed E-state index contributed by atoms with van der Waals surface area (Å²) in [4.78, 5) is 40.9. The van der Waals surface area contributed by atoms with Crippen molar-refractivity contribution in [2.45, 2.75) is 45.8 Å². The zero-order valence-corrected chi connectivity index (χ0v) is 27.9. The zero-order chi connectivity index (χ0) is 34.1. The van der Waals surface area contributed by atoms with Gasteiger partial charge in [0.1, 0.15) is 23.7 Å². The summed E-state index contributed by atoms with van der Waals surface area (Å²) in [6.45, 7) is 7.45. The molecule has 1 aliphatic heterocycles. The lowest BCUT2D eigenvalue weighted by atomic mass is 9.98. The fraction of sp³-hybridized carbons (Fsp3) is 0.308. The number of ether oxygens (including phenoxy) is 4. The van der Waals surface area contributed by atoms with Crippen LogP contribution in [0.3, 0.4) is 0 Å². The monoisotopic (exact) mass is 650 g/mol. The van der Waals surface area contributed by atoms with Crippen LogP contribution in [0.5, 0.6) is 11.5 Å². The van der Waals surface area contributed by atoms with E-state index < -0.39 is 17.5 Å². The molecule has 0 unspecified atom stereocenters. The summed E-state index contributed by atoms with van der Waals surface area (Å²) in [5, 5.41) is 2.93. The van der Waals surface area contributed by atoms with Gasteiger partial charge in [0, 0.05) is 13.1 Å². The van der Waals surface area contributed by atoms with Crippen molar-refractivity contribution in [3.05, 3.63) is 114 Å². The van der Waals surface area contributed by atoms with Crippen LogP contribution >= 0.6 is 0 Å². The predicted molar refractivity (Wildman–Crippen MR) is 184 cm³/mol. The number of carbonyl (C=O) groups is 3. The van der Waals surface area contributed by atoms with Crippen LogP contribution in [0.2, 0.25) is 0 Å². The first-order valence-corrected chi connectivity index (χ1v) is 16.1. The molecule has 4 aromatic rings. The molecule has 1 heterocycles. The second-order valence-electron chi connectivity index (χ2n) is 12.7. The van der Waals surface area contributed by atoms with Gasteiger partial charge in [-0.2, -0.15) is 0 Å². The lowest BCUT2D eigenvalue weighted by molar-refractivity contribution is 0.0164. The third-order valence-corrected chi connectivity index (χ3v) is 7.96. The number of methoxy groups -OCH3 is 1. The summed E-state index contributed by atoms with van der Waals surface area (Å²) in [5.74, 6) is 0.0735. The second-order valence-corrected chi connectivity index (χ2v) is 12.7. The molecule has 1 fully saturated rings. The Morgan fingerprint density at radius 1 is 0.792 bits per heavy atom. The van der Waals surface area contributed by atoms with E-state index in [1.54, 1.807) is 35.2 Å². The molecule has 9 heteroatoms. The zero-order valence-electron chi connectivity index (χ0n) is 27.9. The number of anilines is 1. The Morgan fingerprint density at radius 3 is 2.15 bits per heavy atom. The highest BCUT2D eigenvalue weighted by Gasteiger charge is 2.27. The maximum absolute atomic E-state index is 14.0. The molecule has 4 aromatic carbocycles. The Balaban J connectivity index is 1.34. The molecule has 48 heavy (non-hydrogen) atoms. The minimum absolute atomic E-state index is 0.224. The summed E-state index contributed by atoms with van der Waals surface area (Å²) in [6, 6.07) is 29.7. The molecule has 250 valence electrons. The van der Waals surface area contributed by atoms with Gasteiger partial charge >= 0.3 is 12.1 Å². The largest absolute Gasteiger partial charge is 0.493 e. The normalized spacial score (nSPS) is 13.4. The highest BCUT2D eigenvalue weighted by molar-refractivity contribution is 6.10. The van der Waals surface area contributed by atoms with Crippen molar-refractivity contribution in [3.8, 4) is 22.6 Å². The van der Waals surface area contributed by atoms with Crippen LogP contribution < -0.4 is 14.8 Å². The number of piperidine rings is 1. The minimum Gasteiger partial charge on any atom is -0.493 e. The SMILES string of the molecule is COC(=O)c1ccc(-c2ccccc2)cc1NC(=O)c1cc(OCC2CCN(C(=O)OC(C)(C)C)CC2)ccc1OCc1ccccc1. The smallest absolute Gasteiger partial charge is 0.410 e. The molecule has 0 radical (unpaired) electrons. The molecule has 9 nitrogen and oxygen atoms in total. The lowest BCUT2D eigenvalue weighted by Gasteiger charge is -2.33. The van der Waals surface area contributed by atoms with Gasteiger partial charge in [-0.3, -0.25) is 4.79 Å². The number of amides is 2. The number of hydrogen-bond acceptors (Lipinski definition) is 7. The van der Waals surface area contributed by atoms with Gasteiger partial charge in [0.05, 0.1) is 30.5 Å². The first-order valence-electron chi connectivity index (χ1n) is 16.1. The van der Waals surface area contributed by atoms with E-state index in [0.29, 0.717) is 36.9 Å². The third kappa shape index (κ3) is 9.15. The first-order chi connectivity index (χ1) is 23.1. The Labute approximate surface area is 281 Å². The van der Waals surface area contributed by atoms with Gasteiger partial charge < -0.3 is 29.2 Å². The molecule has 0 atom stereocenters. The average Bonchev–Trinajstić information content (AvgIpc) is 3.10. The molecule has 5 rings (SSSR count). The number of hydrogen-bond donors (Lipinski definition) is 1. The van der Waals surface area contributed by atoms with E-state index in [-0.39, 0.29) is 29.7 Å². The van der Waals surface area contributed by atoms with Crippen molar-refractivity contribution in [2.75, 3.05) is 32.1 Å². The van der Waals surface area contributed by atoms with Crippen LogP contribution in [-0.4, -0.2) is 55.3 Å². The van der Waals surface area contributed by atoms with Crippen molar-refractivity contribution in [1.82, 2.24) is 4.90 Å². The average molecular weight is 651 g/mol. The Kier molecular flexibility index (Phi) is 11.0. The second kappa shape index (κ2) is 15.5. The molecular formula is C39H42N2O7. The fourth-order valence-electron chi connectivity index (χ4n) is 5.40. The minimum atomic E-state index is -0.569. The topological polar surface area (TPSA) is 103 Å². The number of esters is 1. The Morgan fingerprint density at radius 2 is 1.48 bits per heavy atom. The fourth-order valence-corrected chi connectivity index (χ4v) is 5.40. The van der Waals surface area contributed by atoms with Gasteiger partial charge in [-0.1, -0.05) is 66.7 Å². The molecule has 0 spiro atoms. The summed E-state index contributed by atoms with van der Waals surface area (Å²) in [5.41, 5.74) is 2.96. The van der Waals surface area contributed by atoms with Crippen molar-refractivity contribution in [3.63, 3.8) is 0 Å². The van der Waals surface area contributed by atoms with Crippen LogP contribution in [-0.2, 0) is 16.1 Å². The van der Waals surface area contributed by atoms with Crippen LogP contribution in [0.1, 0.15) is 59.9 Å². The molecule has 0 aromatic heterocycles. The molecular weight excluding hydrogens is 608 g/mol. The van der Waals surface area contributed by atoms with Crippen LogP contribution in [0.4, 0.5) is 10.5 Å². The molecule has 0 aliphatic carbocycles. The van der Waals surface area contributed by atoms with Gasteiger partial charge in [-0.25, -0.2) is 9.59 Å². The van der Waals surface area contributed by atoms with E-state index in [0.717, 1.165) is 29.5 Å². The number of carbonyl (C=O) groups excluding carboxylic acids is 3. The number of rotatable bonds is 10. The van der Waals surface area contributed by atoms with Crippen molar-refractivity contribution < 1.29 is 33.3 Å². The van der Waals surface area contributed by atoms with Crippen LogP contribution in [0.25, 0.3) is 11.1 Å². The highest BCUT2D eigenvalue weighted by Crippen LogP contribution is 2.31. The lowest BCUT2D eigenvalue weighted by Crippen LogP contribution is -2.42. The van der Waals surface area contributed by atoms with E-state index in [9.17, 15) is 14.4 Å². The van der Waals surface area contributed by atoms with Gasteiger partial charge in [0.15, 0.2) is 0 Å². The van der Waals surface area contributed by atoms with Crippen LogP contribution in [0, 0.1) is 5.92 Å². The van der Waals surface area contributed by atoms with Crippen LogP contribution in [0.15, 0.2) is 97.1 Å². The van der Waals surface area contributed by atoms with E-state index in [4.69, 9.17) is 18.9 Å². The summed E-state index contributed by atoms with van der Waals surface area (Å²) >= 11 is 0. The molecule has 0 saturated carbocycles. The van der Waals surface area contributed by atoms with Gasteiger partial charge in [-0.05, 0) is 86.6 Å². The Bertz CT molecular complexity index is 1710. The van der Waals surface area contributed by atoms with Crippen molar-refractivity contribution >= 4 is 23.7 Å². The molecule has 1 saturated heterocycles. The molecule has 2 amide bonds. The van der Waals surface area contributed by atoms with Gasteiger partial charge in [0.2, 0.25) is 0 Å². The van der Waals surface area contributed by atoms with E-state index in [1.807, 2.05) is 87.5 Å². The quantitative estimate of drug-likeness (QED) is 0.174. The van der Waals surface area contributed by atoms with Gasteiger partial charge in [0.25, 0.3) is 5.91 Å². The highest BCUT2D eigenvalue weighted by atomic mass is 16.6. The van der Waals surface area contributed by atoms with Crippen molar-refractivity contribution in [1.29, 1.82) is 0 Å². The first kappa shape index (κ1) is 34.0. The number of nitrogens with one attached hydrogen (secondary N) is 1. The summed E-state index contributed by atoms with van der Waals surface area (Å²) < 4.78 is 22.8. The van der Waals surface area contributed by atoms with Gasteiger partial charge in [-0.15, -0.1) is 0 Å². The summed E-state index contributed by atoms with van der Waals surface area (Å²) in [7, 11) is 1.30. The Hall–Kier alpha value is -5.31. The van der Waals surface area contributed by atoms with E-state index in [2.05, 4.69) is 5.32 Å². The molecule has 0 bridgehead atoms. The predicted octanol–water partition coefficient (Wildman–Crippen LogP) is 8.00. The maximum atomic E-state index is 14.0. The standard InChI is InChI=1S/C39H42N2O7/c1-39(2,3)48-38(44)41-21-19-28(20-22-41)25-46-31-16-18-35(47-26-27-11-7-5-8-12-27)33(24-31)36(42)40-34-23-30(29-13-9-6-10-14-29)15-17-32(34)37(43)45-4/h5-18,23-24,28H,19-22,25-26H2,1-4H3,(H,40,42). The third-order valence-electron chi connectivity index (χ3n) is 7.96. The molecule has 1 aliphatic rings. The number of nitrogens with zero attached hydrogens (tertiary/aromatic N) is 1. The molecule has 1 N–H and O–H groups in total. The maximum Gasteiger partial charge on any atom is 0.410 e. The number of likely N-dealkylation sites (tertiary alicyclic amines) is 1. The van der Waals surface area contributed by atoms with Crippen molar-refractivity contribution in [2.24, 2.45) is 5.92 Å². The number of benzene rings is 4. The van der Waals surface area contributed by atoms with E-state index in [1.165, 1.54) is 7.11 Å².